The number of hydrogen-bond donors (Lipinski definition) is 0. The Morgan fingerprint density at radius 2 is 2.14 bits per heavy atom. The predicted octanol–water partition coefficient (Wildman–Crippen LogP) is 2.25. The molecule has 4 heteroatoms. The molecule has 74 valence electrons. The Hall–Kier alpha value is -1.22. The molecule has 0 N–H and O–H groups in total. The van der Waals surface area contributed by atoms with E-state index in [4.69, 9.17) is 16.3 Å². The molecule has 1 saturated heterocycles. The largest absolute Gasteiger partial charge is 0.447 e. The lowest BCUT2D eigenvalue weighted by molar-refractivity contribution is 0.179. The Morgan fingerprint density at radius 3 is 2.79 bits per heavy atom. The van der Waals surface area contributed by atoms with E-state index in [0.29, 0.717) is 12.5 Å². The van der Waals surface area contributed by atoms with Crippen LogP contribution in [0.5, 0.6) is 0 Å². The van der Waals surface area contributed by atoms with E-state index in [1.165, 1.54) is 0 Å². The van der Waals surface area contributed by atoms with Crippen molar-refractivity contribution in [3.8, 4) is 0 Å². The summed E-state index contributed by atoms with van der Waals surface area (Å²) in [7, 11) is 0. The van der Waals surface area contributed by atoms with E-state index in [1.54, 1.807) is 4.90 Å². The number of hydrogen-bond acceptors (Lipinski definition) is 2. The van der Waals surface area contributed by atoms with Crippen molar-refractivity contribution in [2.75, 3.05) is 17.4 Å². The molecule has 1 aliphatic rings. The van der Waals surface area contributed by atoms with Gasteiger partial charge in [0.25, 0.3) is 0 Å². The maximum Gasteiger partial charge on any atom is 0.414 e. The van der Waals surface area contributed by atoms with Crippen molar-refractivity contribution in [3.63, 3.8) is 0 Å². The average molecular weight is 212 g/mol. The van der Waals surface area contributed by atoms with Crippen LogP contribution in [0.15, 0.2) is 30.3 Å². The Morgan fingerprint density at radius 1 is 1.43 bits per heavy atom. The number of carbonyl (C=O) groups excluding carboxylic acids is 1. The zero-order chi connectivity index (χ0) is 9.97. The quantitative estimate of drug-likeness (QED) is 0.703. The molecule has 0 radical (unpaired) electrons. The lowest BCUT2D eigenvalue weighted by Crippen LogP contribution is -2.34. The van der Waals surface area contributed by atoms with Gasteiger partial charge in [-0.15, -0.1) is 11.6 Å². The van der Waals surface area contributed by atoms with Crippen LogP contribution in [-0.4, -0.2) is 24.6 Å². The summed E-state index contributed by atoms with van der Waals surface area (Å²) in [4.78, 5) is 13.0. The van der Waals surface area contributed by atoms with Crippen molar-refractivity contribution in [1.82, 2.24) is 0 Å². The molecule has 1 amide bonds. The maximum atomic E-state index is 11.4. The van der Waals surface area contributed by atoms with Crippen LogP contribution in [0.4, 0.5) is 10.5 Å². The minimum Gasteiger partial charge on any atom is -0.447 e. The Balaban J connectivity index is 2.28. The molecule has 3 nitrogen and oxygen atoms in total. The third kappa shape index (κ3) is 1.55. The topological polar surface area (TPSA) is 29.5 Å². The zero-order valence-electron chi connectivity index (χ0n) is 7.52. The van der Waals surface area contributed by atoms with E-state index in [-0.39, 0.29) is 12.1 Å². The molecular formula is C10H10ClNO2. The van der Waals surface area contributed by atoms with Gasteiger partial charge in [0.1, 0.15) is 6.61 Å². The monoisotopic (exact) mass is 211 g/mol. The number of ether oxygens (including phenoxy) is 1. The van der Waals surface area contributed by atoms with Crippen LogP contribution in [-0.2, 0) is 4.74 Å². The van der Waals surface area contributed by atoms with Gasteiger partial charge in [0.15, 0.2) is 0 Å². The smallest absolute Gasteiger partial charge is 0.414 e. The first-order valence-corrected chi connectivity index (χ1v) is 4.93. The molecule has 1 aromatic rings. The Bertz CT molecular complexity index is 328. The number of cyclic esters (lactones) is 1. The Labute approximate surface area is 87.2 Å². The van der Waals surface area contributed by atoms with Gasteiger partial charge < -0.3 is 4.74 Å². The molecule has 0 aromatic heterocycles. The maximum absolute atomic E-state index is 11.4. The number of anilines is 1. The molecule has 0 aliphatic carbocycles. The summed E-state index contributed by atoms with van der Waals surface area (Å²) in [5.41, 5.74) is 0.834. The summed E-state index contributed by atoms with van der Waals surface area (Å²) in [5, 5.41) is 0. The fraction of sp³-hybridized carbons (Fsp3) is 0.300. The minimum atomic E-state index is -0.318. The fourth-order valence-corrected chi connectivity index (χ4v) is 1.71. The van der Waals surface area contributed by atoms with Crippen molar-refractivity contribution in [2.45, 2.75) is 6.04 Å². The SMILES string of the molecule is O=C1OCC(CCl)N1c1ccccc1. The third-order valence-electron chi connectivity index (χ3n) is 2.17. The molecule has 1 aliphatic heterocycles. The molecule has 0 spiro atoms. The molecule has 2 rings (SSSR count). The highest BCUT2D eigenvalue weighted by molar-refractivity contribution is 6.19. The second-order valence-electron chi connectivity index (χ2n) is 3.09. The molecule has 0 saturated carbocycles. The summed E-state index contributed by atoms with van der Waals surface area (Å²) >= 11 is 5.74. The van der Waals surface area contributed by atoms with Crippen molar-refractivity contribution in [2.24, 2.45) is 0 Å². The number of para-hydroxylation sites is 1. The number of benzene rings is 1. The summed E-state index contributed by atoms with van der Waals surface area (Å²) in [6.45, 7) is 0.372. The van der Waals surface area contributed by atoms with Crippen molar-refractivity contribution in [1.29, 1.82) is 0 Å². The van der Waals surface area contributed by atoms with Gasteiger partial charge in [-0.05, 0) is 12.1 Å². The lowest BCUT2D eigenvalue weighted by atomic mass is 10.2. The third-order valence-corrected chi connectivity index (χ3v) is 2.53. The number of amides is 1. The molecule has 0 bridgehead atoms. The molecule has 1 atom stereocenters. The van der Waals surface area contributed by atoms with Gasteiger partial charge >= 0.3 is 6.09 Å². The fourth-order valence-electron chi connectivity index (χ4n) is 1.48. The van der Waals surface area contributed by atoms with Crippen molar-refractivity contribution in [3.05, 3.63) is 30.3 Å². The number of alkyl halides is 1. The van der Waals surface area contributed by atoms with E-state index < -0.39 is 0 Å². The number of carbonyl (C=O) groups is 1. The van der Waals surface area contributed by atoms with E-state index >= 15 is 0 Å². The minimum absolute atomic E-state index is 0.0495. The van der Waals surface area contributed by atoms with E-state index in [0.717, 1.165) is 5.69 Å². The lowest BCUT2D eigenvalue weighted by Gasteiger charge is -2.18. The van der Waals surface area contributed by atoms with Gasteiger partial charge in [0, 0.05) is 11.6 Å². The second kappa shape index (κ2) is 3.88. The van der Waals surface area contributed by atoms with Gasteiger partial charge in [0.05, 0.1) is 6.04 Å². The summed E-state index contributed by atoms with van der Waals surface area (Å²) in [5.74, 6) is 0.390. The van der Waals surface area contributed by atoms with Crippen LogP contribution in [0.3, 0.4) is 0 Å². The molecule has 1 aromatic carbocycles. The molecular weight excluding hydrogens is 202 g/mol. The van der Waals surface area contributed by atoms with Crippen LogP contribution in [0.1, 0.15) is 0 Å². The molecule has 14 heavy (non-hydrogen) atoms. The number of rotatable bonds is 2. The van der Waals surface area contributed by atoms with Crippen LogP contribution < -0.4 is 4.90 Å². The highest BCUT2D eigenvalue weighted by Gasteiger charge is 2.33. The highest BCUT2D eigenvalue weighted by atomic mass is 35.5. The molecule has 1 fully saturated rings. The summed E-state index contributed by atoms with van der Waals surface area (Å²) < 4.78 is 4.93. The van der Waals surface area contributed by atoms with Crippen molar-refractivity contribution >= 4 is 23.4 Å². The first-order valence-electron chi connectivity index (χ1n) is 4.40. The van der Waals surface area contributed by atoms with Gasteiger partial charge in [0.2, 0.25) is 0 Å². The van der Waals surface area contributed by atoms with E-state index in [9.17, 15) is 4.79 Å². The number of halogens is 1. The zero-order valence-corrected chi connectivity index (χ0v) is 8.28. The van der Waals surface area contributed by atoms with E-state index in [1.807, 2.05) is 30.3 Å². The highest BCUT2D eigenvalue weighted by Crippen LogP contribution is 2.22. The molecule has 1 unspecified atom stereocenters. The van der Waals surface area contributed by atoms with Crippen LogP contribution >= 0.6 is 11.6 Å². The summed E-state index contributed by atoms with van der Waals surface area (Å²) in [6, 6.07) is 9.35. The van der Waals surface area contributed by atoms with Gasteiger partial charge in [-0.3, -0.25) is 4.90 Å². The molecule has 1 heterocycles. The first-order chi connectivity index (χ1) is 6.83. The van der Waals surface area contributed by atoms with Crippen LogP contribution in [0.25, 0.3) is 0 Å². The first kappa shape index (κ1) is 9.34. The Kier molecular flexibility index (Phi) is 2.59. The number of nitrogens with zero attached hydrogens (tertiary/aromatic N) is 1. The second-order valence-corrected chi connectivity index (χ2v) is 3.40. The van der Waals surface area contributed by atoms with Gasteiger partial charge in [-0.1, -0.05) is 18.2 Å². The van der Waals surface area contributed by atoms with Gasteiger partial charge in [-0.25, -0.2) is 4.79 Å². The predicted molar refractivity (Wildman–Crippen MR) is 54.8 cm³/mol. The average Bonchev–Trinajstić information content (AvgIpc) is 2.61. The van der Waals surface area contributed by atoms with Crippen LogP contribution in [0.2, 0.25) is 0 Å². The normalized spacial score (nSPS) is 21.1. The summed E-state index contributed by atoms with van der Waals surface area (Å²) in [6.07, 6.45) is -0.318. The van der Waals surface area contributed by atoms with Gasteiger partial charge in [-0.2, -0.15) is 0 Å². The standard InChI is InChI=1S/C10H10ClNO2/c11-6-9-7-14-10(13)12(9)8-4-2-1-3-5-8/h1-5,9H,6-7H2. The van der Waals surface area contributed by atoms with Crippen LogP contribution in [0, 0.1) is 0 Å². The van der Waals surface area contributed by atoms with E-state index in [2.05, 4.69) is 0 Å². The van der Waals surface area contributed by atoms with Crippen molar-refractivity contribution < 1.29 is 9.53 Å².